The van der Waals surface area contributed by atoms with E-state index in [1.165, 1.54) is 6.92 Å². The number of aliphatic hydroxyl groups is 1. The van der Waals surface area contributed by atoms with E-state index in [-0.39, 0.29) is 19.8 Å². The summed E-state index contributed by atoms with van der Waals surface area (Å²) in [4.78, 5) is 22.7. The maximum atomic E-state index is 11.9. The van der Waals surface area contributed by atoms with Crippen molar-refractivity contribution in [3.8, 4) is 11.5 Å². The minimum absolute atomic E-state index is 0.155. The number of fused-ring (bicyclic) bond motifs is 1. The van der Waals surface area contributed by atoms with Gasteiger partial charge in [-0.15, -0.1) is 0 Å². The Labute approximate surface area is 180 Å². The van der Waals surface area contributed by atoms with Gasteiger partial charge in [0.1, 0.15) is 18.1 Å². The minimum atomic E-state index is -0.928. The predicted octanol–water partition coefficient (Wildman–Crippen LogP) is 2.41. The van der Waals surface area contributed by atoms with E-state index in [0.717, 1.165) is 16.8 Å². The molecule has 0 aromatic heterocycles. The quantitative estimate of drug-likeness (QED) is 0.214. The summed E-state index contributed by atoms with van der Waals surface area (Å²) in [5.74, 6) is 0.435. The van der Waals surface area contributed by atoms with Crippen LogP contribution in [0.15, 0.2) is 49.1 Å². The van der Waals surface area contributed by atoms with Crippen molar-refractivity contribution < 1.29 is 38.4 Å². The molecule has 0 bridgehead atoms. The van der Waals surface area contributed by atoms with Crippen molar-refractivity contribution in [2.24, 2.45) is 0 Å². The summed E-state index contributed by atoms with van der Waals surface area (Å²) in [6.07, 6.45) is -0.437. The number of hydrogen-bond acceptors (Lipinski definition) is 8. The van der Waals surface area contributed by atoms with Gasteiger partial charge in [-0.2, -0.15) is 0 Å². The van der Waals surface area contributed by atoms with E-state index in [2.05, 4.69) is 11.9 Å². The molecule has 0 saturated heterocycles. The summed E-state index contributed by atoms with van der Waals surface area (Å²) in [5.41, 5.74) is 0. The van der Waals surface area contributed by atoms with Gasteiger partial charge in [0.25, 0.3) is 0 Å². The van der Waals surface area contributed by atoms with Gasteiger partial charge in [0.2, 0.25) is 0 Å². The standard InChI is InChI=1S/C22H27NO8/c1-3-21(25)29-14-13-28-12-11-27-10-9-23-22(26)31-18-7-8-19-17(15-18)5-4-6-20(19)30-16(2)24/h3-8,15-16,24H,1,9-14H2,2H3,(H,23,26). The fraction of sp³-hybridized carbons (Fsp3) is 0.364. The number of carbonyl (C=O) groups is 2. The third-order valence-corrected chi connectivity index (χ3v) is 3.85. The highest BCUT2D eigenvalue weighted by Crippen LogP contribution is 2.29. The number of carbonyl (C=O) groups excluding carboxylic acids is 2. The van der Waals surface area contributed by atoms with Crippen LogP contribution >= 0.6 is 0 Å². The zero-order valence-corrected chi connectivity index (χ0v) is 17.4. The average molecular weight is 433 g/mol. The smallest absolute Gasteiger partial charge is 0.412 e. The molecule has 168 valence electrons. The number of ether oxygens (including phenoxy) is 5. The van der Waals surface area contributed by atoms with Crippen LogP contribution in [0.4, 0.5) is 4.79 Å². The second-order valence-electron chi connectivity index (χ2n) is 6.27. The Morgan fingerprint density at radius 2 is 1.84 bits per heavy atom. The summed E-state index contributed by atoms with van der Waals surface area (Å²) in [6, 6.07) is 10.5. The van der Waals surface area contributed by atoms with Gasteiger partial charge in [0.15, 0.2) is 6.29 Å². The molecule has 0 saturated carbocycles. The molecule has 9 heteroatoms. The van der Waals surface area contributed by atoms with Gasteiger partial charge in [0.05, 0.1) is 26.4 Å². The van der Waals surface area contributed by atoms with Crippen molar-refractivity contribution in [3.05, 3.63) is 49.1 Å². The molecule has 0 aliphatic carbocycles. The van der Waals surface area contributed by atoms with Gasteiger partial charge in [-0.05, 0) is 36.6 Å². The number of rotatable bonds is 13. The van der Waals surface area contributed by atoms with Gasteiger partial charge in [-0.1, -0.05) is 18.7 Å². The predicted molar refractivity (Wildman–Crippen MR) is 113 cm³/mol. The molecule has 1 amide bonds. The highest BCUT2D eigenvalue weighted by atomic mass is 16.6. The lowest BCUT2D eigenvalue weighted by atomic mass is 10.1. The van der Waals surface area contributed by atoms with E-state index in [1.807, 2.05) is 6.07 Å². The van der Waals surface area contributed by atoms with Crippen LogP contribution in [-0.2, 0) is 19.0 Å². The first kappa shape index (κ1) is 24.1. The van der Waals surface area contributed by atoms with Crippen molar-refractivity contribution in [2.45, 2.75) is 13.2 Å². The first-order valence-corrected chi connectivity index (χ1v) is 9.77. The Morgan fingerprint density at radius 3 is 2.58 bits per heavy atom. The SMILES string of the molecule is C=CC(=O)OCCOCCOCCNC(=O)Oc1ccc2c(OC(C)O)cccc2c1. The van der Waals surface area contributed by atoms with E-state index < -0.39 is 18.4 Å². The van der Waals surface area contributed by atoms with E-state index in [9.17, 15) is 14.7 Å². The van der Waals surface area contributed by atoms with E-state index in [0.29, 0.717) is 31.3 Å². The molecule has 2 N–H and O–H groups in total. The van der Waals surface area contributed by atoms with Crippen LogP contribution in [0, 0.1) is 0 Å². The molecule has 1 unspecified atom stereocenters. The molecule has 0 spiro atoms. The zero-order valence-electron chi connectivity index (χ0n) is 17.4. The van der Waals surface area contributed by atoms with Gasteiger partial charge in [-0.25, -0.2) is 9.59 Å². The lowest BCUT2D eigenvalue weighted by Gasteiger charge is -2.12. The van der Waals surface area contributed by atoms with Crippen molar-refractivity contribution in [2.75, 3.05) is 39.6 Å². The third kappa shape index (κ3) is 9.04. The largest absolute Gasteiger partial charge is 0.465 e. The van der Waals surface area contributed by atoms with Crippen molar-refractivity contribution >= 4 is 22.8 Å². The molecule has 0 radical (unpaired) electrons. The van der Waals surface area contributed by atoms with Crippen LogP contribution in [0.1, 0.15) is 6.92 Å². The van der Waals surface area contributed by atoms with Crippen LogP contribution in [0.5, 0.6) is 11.5 Å². The summed E-state index contributed by atoms with van der Waals surface area (Å²) in [7, 11) is 0. The zero-order chi connectivity index (χ0) is 22.5. The first-order valence-electron chi connectivity index (χ1n) is 9.77. The van der Waals surface area contributed by atoms with Crippen molar-refractivity contribution in [1.29, 1.82) is 0 Å². The molecule has 2 aromatic carbocycles. The maximum absolute atomic E-state index is 11.9. The summed E-state index contributed by atoms with van der Waals surface area (Å²) in [5, 5.41) is 13.6. The fourth-order valence-electron chi connectivity index (χ4n) is 2.53. The molecule has 0 aliphatic heterocycles. The number of nitrogens with one attached hydrogen (secondary N) is 1. The van der Waals surface area contributed by atoms with Crippen LogP contribution in [0.25, 0.3) is 10.8 Å². The second kappa shape index (κ2) is 13.2. The molecule has 0 fully saturated rings. The van der Waals surface area contributed by atoms with Crippen molar-refractivity contribution in [1.82, 2.24) is 5.32 Å². The molecular weight excluding hydrogens is 406 g/mol. The molecule has 31 heavy (non-hydrogen) atoms. The topological polar surface area (TPSA) is 113 Å². The van der Waals surface area contributed by atoms with Gasteiger partial charge < -0.3 is 34.1 Å². The molecule has 0 aliphatic rings. The lowest BCUT2D eigenvalue weighted by Crippen LogP contribution is -2.30. The van der Waals surface area contributed by atoms with Crippen LogP contribution < -0.4 is 14.8 Å². The number of benzene rings is 2. The van der Waals surface area contributed by atoms with Crippen LogP contribution in [0.3, 0.4) is 0 Å². The van der Waals surface area contributed by atoms with E-state index in [1.54, 1.807) is 30.3 Å². The molecular formula is C22H27NO8. The number of aliphatic hydroxyl groups excluding tert-OH is 1. The molecule has 0 heterocycles. The highest BCUT2D eigenvalue weighted by Gasteiger charge is 2.08. The summed E-state index contributed by atoms with van der Waals surface area (Å²) < 4.78 is 26.0. The second-order valence-corrected chi connectivity index (χ2v) is 6.27. The average Bonchev–Trinajstić information content (AvgIpc) is 2.74. The number of amides is 1. The third-order valence-electron chi connectivity index (χ3n) is 3.85. The normalized spacial score (nSPS) is 11.5. The number of esters is 1. The Balaban J connectivity index is 1.63. The molecule has 2 rings (SSSR count). The Kier molecular flexibility index (Phi) is 10.3. The van der Waals surface area contributed by atoms with Crippen LogP contribution in [-0.4, -0.2) is 63.0 Å². The van der Waals surface area contributed by atoms with E-state index in [4.69, 9.17) is 23.7 Å². The Hall–Kier alpha value is -3.14. The monoisotopic (exact) mass is 433 g/mol. The first-order chi connectivity index (χ1) is 15.0. The lowest BCUT2D eigenvalue weighted by molar-refractivity contribution is -0.139. The Bertz CT molecular complexity index is 868. The van der Waals surface area contributed by atoms with Crippen LogP contribution in [0.2, 0.25) is 0 Å². The van der Waals surface area contributed by atoms with E-state index >= 15 is 0 Å². The fourth-order valence-corrected chi connectivity index (χ4v) is 2.53. The summed E-state index contributed by atoms with van der Waals surface area (Å²) >= 11 is 0. The molecule has 9 nitrogen and oxygen atoms in total. The minimum Gasteiger partial charge on any atom is -0.465 e. The summed E-state index contributed by atoms with van der Waals surface area (Å²) in [6.45, 7) is 6.49. The van der Waals surface area contributed by atoms with Gasteiger partial charge in [0, 0.05) is 18.0 Å². The van der Waals surface area contributed by atoms with Crippen molar-refractivity contribution in [3.63, 3.8) is 0 Å². The molecule has 2 aromatic rings. The van der Waals surface area contributed by atoms with Gasteiger partial charge in [-0.3, -0.25) is 0 Å². The number of hydrogen-bond donors (Lipinski definition) is 2. The Morgan fingerprint density at radius 1 is 1.10 bits per heavy atom. The highest BCUT2D eigenvalue weighted by molar-refractivity contribution is 5.90. The maximum Gasteiger partial charge on any atom is 0.412 e. The molecule has 1 atom stereocenters. The van der Waals surface area contributed by atoms with Gasteiger partial charge >= 0.3 is 12.1 Å².